The van der Waals surface area contributed by atoms with E-state index >= 15 is 0 Å². The molecule has 2 aromatic carbocycles. The van der Waals surface area contributed by atoms with E-state index in [1.54, 1.807) is 6.07 Å². The number of ether oxygens (including phenoxy) is 1. The van der Waals surface area contributed by atoms with Gasteiger partial charge in [-0.1, -0.05) is 19.1 Å². The Morgan fingerprint density at radius 3 is 2.57 bits per heavy atom. The molecule has 0 spiro atoms. The van der Waals surface area contributed by atoms with Gasteiger partial charge < -0.3 is 10.1 Å². The average Bonchev–Trinajstić information content (AvgIpc) is 2.48. The Morgan fingerprint density at radius 2 is 1.90 bits per heavy atom. The normalized spacial score (nSPS) is 10.5. The molecule has 0 unspecified atom stereocenters. The van der Waals surface area contributed by atoms with Gasteiger partial charge >= 0.3 is 0 Å². The first-order valence-corrected chi connectivity index (χ1v) is 7.80. The number of hydrogen-bond donors (Lipinski definition) is 1. The number of benzene rings is 2. The summed E-state index contributed by atoms with van der Waals surface area (Å²) in [6, 6.07) is 11.3. The molecule has 0 heterocycles. The van der Waals surface area contributed by atoms with E-state index < -0.39 is 0 Å². The summed E-state index contributed by atoms with van der Waals surface area (Å²) in [5.74, 6) is 0.650. The van der Waals surface area contributed by atoms with Crippen LogP contribution in [0.2, 0.25) is 0 Å². The lowest BCUT2D eigenvalue weighted by Gasteiger charge is -2.11. The van der Waals surface area contributed by atoms with Gasteiger partial charge in [0.1, 0.15) is 11.6 Å². The van der Waals surface area contributed by atoms with Crippen LogP contribution in [0.5, 0.6) is 5.75 Å². The van der Waals surface area contributed by atoms with Crippen molar-refractivity contribution in [2.75, 3.05) is 11.9 Å². The first-order valence-electron chi connectivity index (χ1n) is 7.01. The lowest BCUT2D eigenvalue weighted by Crippen LogP contribution is -2.02. The third-order valence-electron chi connectivity index (χ3n) is 3.15. The fourth-order valence-corrected chi connectivity index (χ4v) is 2.30. The fourth-order valence-electron chi connectivity index (χ4n) is 1.96. The van der Waals surface area contributed by atoms with Crippen LogP contribution in [0.4, 0.5) is 10.1 Å². The van der Waals surface area contributed by atoms with Crippen LogP contribution in [0.25, 0.3) is 0 Å². The predicted molar refractivity (Wildman–Crippen MR) is 88.4 cm³/mol. The molecule has 0 aromatic heterocycles. The van der Waals surface area contributed by atoms with Crippen LogP contribution in [-0.4, -0.2) is 6.61 Å². The van der Waals surface area contributed by atoms with Crippen molar-refractivity contribution < 1.29 is 9.13 Å². The summed E-state index contributed by atoms with van der Waals surface area (Å²) in [4.78, 5) is 0. The number of nitrogens with one attached hydrogen (secondary N) is 1. The lowest BCUT2D eigenvalue weighted by atomic mass is 10.1. The Labute approximate surface area is 133 Å². The minimum atomic E-state index is -0.240. The predicted octanol–water partition coefficient (Wildman–Crippen LogP) is 5.30. The van der Waals surface area contributed by atoms with Gasteiger partial charge in [0.05, 0.1) is 11.1 Å². The third kappa shape index (κ3) is 4.46. The summed E-state index contributed by atoms with van der Waals surface area (Å²) in [5.41, 5.74) is 2.96. The van der Waals surface area contributed by atoms with Crippen molar-refractivity contribution >= 4 is 21.6 Å². The van der Waals surface area contributed by atoms with Crippen molar-refractivity contribution in [1.82, 2.24) is 0 Å². The number of hydrogen-bond acceptors (Lipinski definition) is 2. The maximum atomic E-state index is 13.4. The molecule has 4 heteroatoms. The van der Waals surface area contributed by atoms with E-state index in [2.05, 4.69) is 28.2 Å². The molecule has 0 bridgehead atoms. The van der Waals surface area contributed by atoms with Crippen LogP contribution in [-0.2, 0) is 6.54 Å². The average molecular weight is 352 g/mol. The molecule has 0 atom stereocenters. The highest BCUT2D eigenvalue weighted by molar-refractivity contribution is 9.10. The van der Waals surface area contributed by atoms with Crippen molar-refractivity contribution in [3.63, 3.8) is 0 Å². The van der Waals surface area contributed by atoms with Crippen LogP contribution in [0.1, 0.15) is 24.5 Å². The van der Waals surface area contributed by atoms with Crippen LogP contribution in [0.3, 0.4) is 0 Å². The molecule has 0 aliphatic rings. The largest absolute Gasteiger partial charge is 0.494 e. The van der Waals surface area contributed by atoms with Crippen molar-refractivity contribution in [3.05, 3.63) is 57.8 Å². The first-order chi connectivity index (χ1) is 10.1. The van der Waals surface area contributed by atoms with Gasteiger partial charge in [0.15, 0.2) is 0 Å². The Morgan fingerprint density at radius 1 is 1.19 bits per heavy atom. The highest BCUT2D eigenvalue weighted by Gasteiger charge is 2.05. The van der Waals surface area contributed by atoms with Crippen molar-refractivity contribution in [2.45, 2.75) is 26.8 Å². The molecule has 2 aromatic rings. The van der Waals surface area contributed by atoms with Crippen molar-refractivity contribution in [1.29, 1.82) is 0 Å². The van der Waals surface area contributed by atoms with E-state index in [4.69, 9.17) is 4.74 Å². The maximum Gasteiger partial charge on any atom is 0.137 e. The highest BCUT2D eigenvalue weighted by atomic mass is 79.9. The molecule has 2 nitrogen and oxygen atoms in total. The Hall–Kier alpha value is -1.55. The molecule has 0 saturated carbocycles. The Kier molecular flexibility index (Phi) is 5.62. The molecular weight excluding hydrogens is 333 g/mol. The number of halogens is 2. The molecule has 2 rings (SSSR count). The van der Waals surface area contributed by atoms with Gasteiger partial charge in [-0.2, -0.15) is 0 Å². The molecule has 0 amide bonds. The van der Waals surface area contributed by atoms with E-state index in [9.17, 15) is 4.39 Å². The van der Waals surface area contributed by atoms with Gasteiger partial charge in [0.2, 0.25) is 0 Å². The van der Waals surface area contributed by atoms with Gasteiger partial charge in [0, 0.05) is 12.2 Å². The summed E-state index contributed by atoms with van der Waals surface area (Å²) in [6.45, 7) is 5.40. The van der Waals surface area contributed by atoms with E-state index in [1.165, 1.54) is 6.07 Å². The summed E-state index contributed by atoms with van der Waals surface area (Å²) in [6.07, 6.45) is 1.00. The first kappa shape index (κ1) is 15.8. The van der Waals surface area contributed by atoms with Crippen LogP contribution >= 0.6 is 15.9 Å². The number of anilines is 1. The molecule has 21 heavy (non-hydrogen) atoms. The van der Waals surface area contributed by atoms with E-state index in [-0.39, 0.29) is 5.82 Å². The van der Waals surface area contributed by atoms with Gasteiger partial charge in [-0.3, -0.25) is 0 Å². The molecule has 0 aliphatic carbocycles. The molecule has 0 aliphatic heterocycles. The third-order valence-corrected chi connectivity index (χ3v) is 3.75. The van der Waals surface area contributed by atoms with E-state index in [0.717, 1.165) is 35.6 Å². The second kappa shape index (κ2) is 7.46. The summed E-state index contributed by atoms with van der Waals surface area (Å²) < 4.78 is 19.4. The smallest absolute Gasteiger partial charge is 0.137 e. The zero-order chi connectivity index (χ0) is 15.2. The Bertz CT molecular complexity index is 598. The summed E-state index contributed by atoms with van der Waals surface area (Å²) in [7, 11) is 0. The van der Waals surface area contributed by atoms with Crippen molar-refractivity contribution in [2.24, 2.45) is 0 Å². The second-order valence-corrected chi connectivity index (χ2v) is 5.78. The van der Waals surface area contributed by atoms with Crippen LogP contribution in [0.15, 0.2) is 40.9 Å². The van der Waals surface area contributed by atoms with Crippen molar-refractivity contribution in [3.8, 4) is 5.75 Å². The fraction of sp³-hybridized carbons (Fsp3) is 0.294. The zero-order valence-electron chi connectivity index (χ0n) is 12.2. The second-order valence-electron chi connectivity index (χ2n) is 4.93. The SMILES string of the molecule is CCCOc1ccc(CNc2cc(Br)c(F)cc2C)cc1. The topological polar surface area (TPSA) is 21.3 Å². The Balaban J connectivity index is 1.98. The quantitative estimate of drug-likeness (QED) is 0.762. The minimum absolute atomic E-state index is 0.240. The summed E-state index contributed by atoms with van der Waals surface area (Å²) >= 11 is 3.21. The zero-order valence-corrected chi connectivity index (χ0v) is 13.8. The number of rotatable bonds is 6. The standard InChI is InChI=1S/C17H19BrFNO/c1-3-8-21-14-6-4-13(5-7-14)11-20-17-10-15(18)16(19)9-12(17)2/h4-7,9-10,20H,3,8,11H2,1-2H3. The highest BCUT2D eigenvalue weighted by Crippen LogP contribution is 2.24. The molecular formula is C17H19BrFNO. The van der Waals surface area contributed by atoms with Gasteiger partial charge in [0.25, 0.3) is 0 Å². The molecule has 0 saturated heterocycles. The maximum absolute atomic E-state index is 13.4. The monoisotopic (exact) mass is 351 g/mol. The van der Waals surface area contributed by atoms with Crippen LogP contribution in [0, 0.1) is 12.7 Å². The molecule has 112 valence electrons. The minimum Gasteiger partial charge on any atom is -0.494 e. The molecule has 0 fully saturated rings. The van der Waals surface area contributed by atoms with Gasteiger partial charge in [-0.15, -0.1) is 0 Å². The van der Waals surface area contributed by atoms with Crippen LogP contribution < -0.4 is 10.1 Å². The van der Waals surface area contributed by atoms with Gasteiger partial charge in [-0.05, 0) is 64.7 Å². The summed E-state index contributed by atoms with van der Waals surface area (Å²) in [5, 5.41) is 3.32. The van der Waals surface area contributed by atoms with E-state index in [0.29, 0.717) is 11.0 Å². The lowest BCUT2D eigenvalue weighted by molar-refractivity contribution is 0.317. The number of aryl methyl sites for hydroxylation is 1. The van der Waals surface area contributed by atoms with Gasteiger partial charge in [-0.25, -0.2) is 4.39 Å². The molecule has 1 N–H and O–H groups in total. The molecule has 0 radical (unpaired) electrons. The van der Waals surface area contributed by atoms with E-state index in [1.807, 2.05) is 31.2 Å².